The summed E-state index contributed by atoms with van der Waals surface area (Å²) in [4.78, 5) is 13.5. The molecule has 3 aromatic carbocycles. The number of nitrogens with one attached hydrogen (secondary N) is 2. The second-order valence-corrected chi connectivity index (χ2v) is 9.00. The Hall–Kier alpha value is -3.78. The summed E-state index contributed by atoms with van der Waals surface area (Å²) in [5.41, 5.74) is 6.42. The molecule has 0 aliphatic carbocycles. The maximum absolute atomic E-state index is 13.5. The third kappa shape index (κ3) is 4.63. The van der Waals surface area contributed by atoms with E-state index in [4.69, 9.17) is 4.74 Å². The van der Waals surface area contributed by atoms with Gasteiger partial charge < -0.3 is 15.5 Å². The Kier molecular flexibility index (Phi) is 6.49. The molecule has 1 amide bonds. The van der Waals surface area contributed by atoms with Gasteiger partial charge in [-0.2, -0.15) is 0 Å². The van der Waals surface area contributed by atoms with Crippen molar-refractivity contribution in [1.29, 1.82) is 0 Å². The molecule has 8 heteroatoms. The first-order valence-corrected chi connectivity index (χ1v) is 12.1. The second-order valence-electron chi connectivity index (χ2n) is 7.89. The van der Waals surface area contributed by atoms with Gasteiger partial charge in [-0.05, 0) is 35.7 Å². The van der Waals surface area contributed by atoms with Crippen LogP contribution in [0.5, 0.6) is 5.75 Å². The van der Waals surface area contributed by atoms with Crippen LogP contribution in [0.15, 0.2) is 90.1 Å². The van der Waals surface area contributed by atoms with Crippen LogP contribution in [0.4, 0.5) is 5.69 Å². The molecule has 1 aliphatic heterocycles. The quantitative estimate of drug-likeness (QED) is 0.402. The molecule has 0 saturated carbocycles. The van der Waals surface area contributed by atoms with Crippen molar-refractivity contribution < 1.29 is 9.53 Å². The molecule has 34 heavy (non-hydrogen) atoms. The Labute approximate surface area is 202 Å². The van der Waals surface area contributed by atoms with Crippen molar-refractivity contribution in [3.05, 3.63) is 102 Å². The molecule has 2 atom stereocenters. The lowest BCUT2D eigenvalue weighted by atomic mass is 10.0. The number of aryl methyl sites for hydroxylation is 1. The predicted octanol–water partition coefficient (Wildman–Crippen LogP) is 4.82. The van der Waals surface area contributed by atoms with Crippen molar-refractivity contribution >= 4 is 23.4 Å². The minimum absolute atomic E-state index is 0.0800. The van der Waals surface area contributed by atoms with Crippen molar-refractivity contribution in [1.82, 2.24) is 14.9 Å². The average molecular weight is 472 g/mol. The number of hydrogen-bond donors (Lipinski definition) is 2. The molecule has 172 valence electrons. The fourth-order valence-corrected chi connectivity index (χ4v) is 5.02. The van der Waals surface area contributed by atoms with Gasteiger partial charge in [0, 0.05) is 5.69 Å². The fraction of sp³-hybridized carbons (Fsp3) is 0.192. The molecule has 0 unspecified atom stereocenters. The van der Waals surface area contributed by atoms with E-state index in [9.17, 15) is 4.79 Å². The minimum Gasteiger partial charge on any atom is -0.486 e. The third-order valence-corrected chi connectivity index (χ3v) is 6.90. The Morgan fingerprint density at radius 2 is 1.71 bits per heavy atom. The number of thioether (sulfide) groups is 1. The molecule has 2 N–H and O–H groups in total. The van der Waals surface area contributed by atoms with E-state index in [1.54, 1.807) is 0 Å². The lowest BCUT2D eigenvalue weighted by Crippen LogP contribution is -2.41. The molecule has 0 saturated heterocycles. The molecule has 0 bridgehead atoms. The highest BCUT2D eigenvalue weighted by Crippen LogP contribution is 2.37. The van der Waals surface area contributed by atoms with E-state index in [0.29, 0.717) is 11.0 Å². The van der Waals surface area contributed by atoms with E-state index in [1.165, 1.54) is 11.8 Å². The number of amides is 1. The maximum Gasteiger partial charge on any atom is 0.240 e. The lowest BCUT2D eigenvalue weighted by molar-refractivity contribution is -0.116. The van der Waals surface area contributed by atoms with E-state index >= 15 is 0 Å². The Bertz CT molecular complexity index is 1260. The van der Waals surface area contributed by atoms with Gasteiger partial charge in [0.2, 0.25) is 11.1 Å². The zero-order valence-corrected chi connectivity index (χ0v) is 19.5. The topological polar surface area (TPSA) is 81.1 Å². The van der Waals surface area contributed by atoms with E-state index < -0.39 is 5.25 Å². The van der Waals surface area contributed by atoms with Crippen LogP contribution in [0.1, 0.15) is 29.9 Å². The van der Waals surface area contributed by atoms with E-state index in [2.05, 4.69) is 27.9 Å². The summed E-state index contributed by atoms with van der Waals surface area (Å²) in [5.74, 6) is 1.32. The van der Waals surface area contributed by atoms with Crippen LogP contribution < -0.4 is 15.5 Å². The SMILES string of the molecule is CCc1ccccc1NC(=O)[C@@H]1Sc2nnc(COc3ccccc3)n2N[C@@H]1c1ccccc1. The molecule has 1 aliphatic rings. The predicted molar refractivity (Wildman–Crippen MR) is 133 cm³/mol. The summed E-state index contributed by atoms with van der Waals surface area (Å²) in [6.07, 6.45) is 0.841. The summed E-state index contributed by atoms with van der Waals surface area (Å²) in [6, 6.07) is 27.2. The zero-order chi connectivity index (χ0) is 23.3. The van der Waals surface area contributed by atoms with Crippen molar-refractivity contribution in [3.63, 3.8) is 0 Å². The summed E-state index contributed by atoms with van der Waals surface area (Å²) in [7, 11) is 0. The summed E-state index contributed by atoms with van der Waals surface area (Å²) in [5, 5.41) is 12.0. The third-order valence-electron chi connectivity index (χ3n) is 5.69. The van der Waals surface area contributed by atoms with Crippen LogP contribution in [-0.2, 0) is 17.8 Å². The highest BCUT2D eigenvalue weighted by atomic mass is 32.2. The molecule has 0 radical (unpaired) electrons. The van der Waals surface area contributed by atoms with Crippen LogP contribution in [0, 0.1) is 0 Å². The van der Waals surface area contributed by atoms with Crippen LogP contribution in [0.25, 0.3) is 0 Å². The van der Waals surface area contributed by atoms with Crippen LogP contribution >= 0.6 is 11.8 Å². The molecule has 1 aromatic heterocycles. The molecule has 0 spiro atoms. The normalized spacial score (nSPS) is 16.9. The number of rotatable bonds is 7. The van der Waals surface area contributed by atoms with E-state index in [-0.39, 0.29) is 18.6 Å². The molecule has 4 aromatic rings. The van der Waals surface area contributed by atoms with Gasteiger partial charge in [0.1, 0.15) is 17.6 Å². The summed E-state index contributed by atoms with van der Waals surface area (Å²) < 4.78 is 7.71. The standard InChI is InChI=1S/C26H25N5O2S/c1-2-18-11-9-10-16-21(18)27-25(32)24-23(19-12-5-3-6-13-19)30-31-22(28-29-26(31)34-24)17-33-20-14-7-4-8-15-20/h3-16,23-24,30H,2,17H2,1H3,(H,27,32)/t23-,24-/m1/s1. The molecule has 2 heterocycles. The van der Waals surface area contributed by atoms with Crippen molar-refractivity contribution in [2.45, 2.75) is 36.4 Å². The maximum atomic E-state index is 13.5. The van der Waals surface area contributed by atoms with Gasteiger partial charge >= 0.3 is 0 Å². The minimum atomic E-state index is -0.438. The number of hydrogen-bond acceptors (Lipinski definition) is 6. The smallest absolute Gasteiger partial charge is 0.240 e. The highest BCUT2D eigenvalue weighted by Gasteiger charge is 2.38. The Balaban J connectivity index is 1.41. The van der Waals surface area contributed by atoms with Crippen molar-refractivity contribution in [2.75, 3.05) is 10.7 Å². The Morgan fingerprint density at radius 3 is 2.47 bits per heavy atom. The lowest BCUT2D eigenvalue weighted by Gasteiger charge is -2.33. The average Bonchev–Trinajstić information content (AvgIpc) is 3.30. The largest absolute Gasteiger partial charge is 0.486 e. The number of fused-ring (bicyclic) bond motifs is 1. The van der Waals surface area contributed by atoms with Crippen LogP contribution in [-0.4, -0.2) is 26.0 Å². The van der Waals surface area contributed by atoms with Gasteiger partial charge in [-0.25, -0.2) is 4.68 Å². The van der Waals surface area contributed by atoms with Gasteiger partial charge in [0.25, 0.3) is 0 Å². The van der Waals surface area contributed by atoms with Gasteiger partial charge in [-0.1, -0.05) is 85.4 Å². The molecule has 0 fully saturated rings. The van der Waals surface area contributed by atoms with E-state index in [1.807, 2.05) is 89.6 Å². The number of benzene rings is 3. The van der Waals surface area contributed by atoms with Gasteiger partial charge in [0.15, 0.2) is 5.82 Å². The molecule has 7 nitrogen and oxygen atoms in total. The molecule has 5 rings (SSSR count). The number of ether oxygens (including phenoxy) is 1. The monoisotopic (exact) mass is 471 g/mol. The van der Waals surface area contributed by atoms with Crippen LogP contribution in [0.2, 0.25) is 0 Å². The first kappa shape index (κ1) is 22.0. The Morgan fingerprint density at radius 1 is 1.00 bits per heavy atom. The number of anilines is 1. The van der Waals surface area contributed by atoms with Crippen molar-refractivity contribution in [2.24, 2.45) is 0 Å². The number of para-hydroxylation sites is 2. The number of nitrogens with zero attached hydrogens (tertiary/aromatic N) is 3. The summed E-state index contributed by atoms with van der Waals surface area (Å²) >= 11 is 1.40. The molecular weight excluding hydrogens is 446 g/mol. The van der Waals surface area contributed by atoms with Gasteiger partial charge in [-0.3, -0.25) is 4.79 Å². The number of carbonyl (C=O) groups excluding carboxylic acids is 1. The first-order valence-electron chi connectivity index (χ1n) is 11.2. The molecular formula is C26H25N5O2S. The summed E-state index contributed by atoms with van der Waals surface area (Å²) in [6.45, 7) is 2.34. The first-order chi connectivity index (χ1) is 16.7. The van der Waals surface area contributed by atoms with Crippen LogP contribution in [0.3, 0.4) is 0 Å². The zero-order valence-electron chi connectivity index (χ0n) is 18.7. The fourth-order valence-electron chi connectivity index (χ4n) is 3.92. The van der Waals surface area contributed by atoms with Crippen molar-refractivity contribution in [3.8, 4) is 5.75 Å². The van der Waals surface area contributed by atoms with E-state index in [0.717, 1.165) is 29.0 Å². The highest BCUT2D eigenvalue weighted by molar-refractivity contribution is 8.00. The van der Waals surface area contributed by atoms with Gasteiger partial charge in [0.05, 0.1) is 6.04 Å². The van der Waals surface area contributed by atoms with Gasteiger partial charge in [-0.15, -0.1) is 10.2 Å². The number of aromatic nitrogens is 3. The second kappa shape index (κ2) is 10.0. The number of carbonyl (C=O) groups is 1.